The van der Waals surface area contributed by atoms with Crippen LogP contribution in [0.4, 0.5) is 16.3 Å². The second-order valence-corrected chi connectivity index (χ2v) is 6.71. The Bertz CT molecular complexity index is 962. The number of ether oxygens (including phenoxy) is 2. The lowest BCUT2D eigenvalue weighted by molar-refractivity contribution is 0.208. The first kappa shape index (κ1) is 19.5. The van der Waals surface area contributed by atoms with Crippen LogP contribution in [-0.2, 0) is 0 Å². The molecule has 1 fully saturated rings. The lowest BCUT2D eigenvalue weighted by Crippen LogP contribution is -2.50. The second-order valence-electron chi connectivity index (χ2n) is 6.71. The maximum atomic E-state index is 12.7. The van der Waals surface area contributed by atoms with Crippen LogP contribution < -0.4 is 19.7 Å². The molecule has 1 N–H and O–H groups in total. The Morgan fingerprint density at radius 2 is 1.63 bits per heavy atom. The predicted octanol–water partition coefficient (Wildman–Crippen LogP) is 2.03. The van der Waals surface area contributed by atoms with Crippen LogP contribution >= 0.6 is 0 Å². The van der Waals surface area contributed by atoms with Gasteiger partial charge in [0.05, 0.1) is 14.2 Å². The van der Waals surface area contributed by atoms with E-state index in [1.165, 1.54) is 0 Å². The SMILES string of the molecule is COc1cc(NC(=O)N2CCN(c3ccc(-n4cccn4)nn3)CC2)cc(OC)c1. The van der Waals surface area contributed by atoms with Crippen molar-refractivity contribution in [2.24, 2.45) is 0 Å². The summed E-state index contributed by atoms with van der Waals surface area (Å²) in [5, 5.41) is 15.6. The molecule has 1 aliphatic heterocycles. The molecule has 2 aromatic heterocycles. The van der Waals surface area contributed by atoms with Crippen molar-refractivity contribution in [1.29, 1.82) is 0 Å². The van der Waals surface area contributed by atoms with Crippen LogP contribution in [-0.4, -0.2) is 71.3 Å². The number of amides is 2. The number of hydrogen-bond acceptors (Lipinski definition) is 7. The number of benzene rings is 1. The Morgan fingerprint density at radius 3 is 2.20 bits per heavy atom. The number of piperazine rings is 1. The molecular weight excluding hydrogens is 386 g/mol. The summed E-state index contributed by atoms with van der Waals surface area (Å²) in [4.78, 5) is 16.5. The van der Waals surface area contributed by atoms with Crippen LogP contribution in [0.3, 0.4) is 0 Å². The summed E-state index contributed by atoms with van der Waals surface area (Å²) in [6, 6.07) is 10.7. The Balaban J connectivity index is 1.34. The Hall–Kier alpha value is -3.82. The fourth-order valence-electron chi connectivity index (χ4n) is 3.23. The summed E-state index contributed by atoms with van der Waals surface area (Å²) >= 11 is 0. The van der Waals surface area contributed by atoms with Gasteiger partial charge in [0, 0.05) is 62.5 Å². The van der Waals surface area contributed by atoms with E-state index in [2.05, 4.69) is 25.5 Å². The molecular formula is C20H23N7O3. The number of urea groups is 1. The fourth-order valence-corrected chi connectivity index (χ4v) is 3.23. The van der Waals surface area contributed by atoms with Crippen LogP contribution in [0.5, 0.6) is 11.5 Å². The van der Waals surface area contributed by atoms with Gasteiger partial charge in [-0.15, -0.1) is 10.2 Å². The lowest BCUT2D eigenvalue weighted by Gasteiger charge is -2.35. The smallest absolute Gasteiger partial charge is 0.321 e. The fraction of sp³-hybridized carbons (Fsp3) is 0.300. The van der Waals surface area contributed by atoms with Crippen LogP contribution in [0.1, 0.15) is 0 Å². The molecule has 1 aliphatic rings. The number of aromatic nitrogens is 4. The standard InChI is InChI=1S/C20H23N7O3/c1-29-16-12-15(13-17(14-16)30-2)22-20(28)26-10-8-25(9-11-26)18-4-5-19(24-23-18)27-7-3-6-21-27/h3-7,12-14H,8-11H2,1-2H3,(H,22,28). The van der Waals surface area contributed by atoms with Gasteiger partial charge >= 0.3 is 6.03 Å². The van der Waals surface area contributed by atoms with Gasteiger partial charge in [-0.05, 0) is 18.2 Å². The van der Waals surface area contributed by atoms with E-state index in [9.17, 15) is 4.79 Å². The van der Waals surface area contributed by atoms with Crippen molar-refractivity contribution < 1.29 is 14.3 Å². The van der Waals surface area contributed by atoms with Gasteiger partial charge < -0.3 is 24.6 Å². The molecule has 30 heavy (non-hydrogen) atoms. The van der Waals surface area contributed by atoms with Crippen molar-refractivity contribution in [3.8, 4) is 17.3 Å². The van der Waals surface area contributed by atoms with Gasteiger partial charge in [-0.2, -0.15) is 5.10 Å². The summed E-state index contributed by atoms with van der Waals surface area (Å²) in [6.45, 7) is 2.50. The third-order valence-electron chi connectivity index (χ3n) is 4.87. The number of carbonyl (C=O) groups excluding carboxylic acids is 1. The van der Waals surface area contributed by atoms with E-state index < -0.39 is 0 Å². The predicted molar refractivity (Wildman–Crippen MR) is 112 cm³/mol. The maximum Gasteiger partial charge on any atom is 0.321 e. The molecule has 1 saturated heterocycles. The molecule has 2 amide bonds. The maximum absolute atomic E-state index is 12.7. The molecule has 4 rings (SSSR count). The van der Waals surface area contributed by atoms with Gasteiger partial charge in [-0.25, -0.2) is 9.48 Å². The number of nitrogens with zero attached hydrogens (tertiary/aromatic N) is 6. The molecule has 156 valence electrons. The summed E-state index contributed by atoms with van der Waals surface area (Å²) in [7, 11) is 3.15. The van der Waals surface area contributed by atoms with E-state index >= 15 is 0 Å². The molecule has 10 heteroatoms. The molecule has 3 aromatic rings. The highest BCUT2D eigenvalue weighted by Crippen LogP contribution is 2.26. The number of nitrogens with one attached hydrogen (secondary N) is 1. The van der Waals surface area contributed by atoms with Gasteiger partial charge in [-0.1, -0.05) is 0 Å². The minimum atomic E-state index is -0.162. The van der Waals surface area contributed by atoms with Crippen molar-refractivity contribution in [3.05, 3.63) is 48.8 Å². The van der Waals surface area contributed by atoms with E-state index in [0.29, 0.717) is 49.2 Å². The summed E-state index contributed by atoms with van der Waals surface area (Å²) in [5.41, 5.74) is 0.624. The van der Waals surface area contributed by atoms with Gasteiger partial charge in [0.25, 0.3) is 0 Å². The average molecular weight is 409 g/mol. The van der Waals surface area contributed by atoms with E-state index in [1.54, 1.807) is 48.2 Å². The van der Waals surface area contributed by atoms with E-state index in [-0.39, 0.29) is 6.03 Å². The number of methoxy groups -OCH3 is 2. The molecule has 0 atom stereocenters. The van der Waals surface area contributed by atoms with Gasteiger partial charge in [0.1, 0.15) is 11.5 Å². The molecule has 0 aliphatic carbocycles. The van der Waals surface area contributed by atoms with E-state index in [0.717, 1.165) is 5.82 Å². The zero-order valence-electron chi connectivity index (χ0n) is 16.9. The Labute approximate surface area is 174 Å². The van der Waals surface area contributed by atoms with Crippen molar-refractivity contribution in [1.82, 2.24) is 24.9 Å². The van der Waals surface area contributed by atoms with Crippen molar-refractivity contribution in [2.45, 2.75) is 0 Å². The molecule has 10 nitrogen and oxygen atoms in total. The third kappa shape index (κ3) is 4.27. The Morgan fingerprint density at radius 1 is 0.967 bits per heavy atom. The molecule has 3 heterocycles. The number of carbonyl (C=O) groups is 1. The zero-order valence-corrected chi connectivity index (χ0v) is 16.9. The topological polar surface area (TPSA) is 97.6 Å². The average Bonchev–Trinajstić information content (AvgIpc) is 3.34. The van der Waals surface area contributed by atoms with Gasteiger partial charge in [0.2, 0.25) is 0 Å². The van der Waals surface area contributed by atoms with Crippen LogP contribution in [0.25, 0.3) is 5.82 Å². The van der Waals surface area contributed by atoms with Crippen molar-refractivity contribution in [3.63, 3.8) is 0 Å². The zero-order chi connectivity index (χ0) is 20.9. The molecule has 0 saturated carbocycles. The highest BCUT2D eigenvalue weighted by Gasteiger charge is 2.22. The lowest BCUT2D eigenvalue weighted by atomic mass is 10.2. The minimum absolute atomic E-state index is 0.162. The number of anilines is 2. The van der Waals surface area contributed by atoms with Gasteiger partial charge in [-0.3, -0.25) is 0 Å². The molecule has 0 radical (unpaired) electrons. The quantitative estimate of drug-likeness (QED) is 0.689. The molecule has 0 bridgehead atoms. The largest absolute Gasteiger partial charge is 0.497 e. The van der Waals surface area contributed by atoms with Crippen molar-refractivity contribution in [2.75, 3.05) is 50.6 Å². The first-order valence-corrected chi connectivity index (χ1v) is 9.54. The Kier molecular flexibility index (Phi) is 5.64. The summed E-state index contributed by atoms with van der Waals surface area (Å²) < 4.78 is 12.2. The summed E-state index contributed by atoms with van der Waals surface area (Å²) in [6.07, 6.45) is 3.51. The van der Waals surface area contributed by atoms with Crippen LogP contribution in [0.2, 0.25) is 0 Å². The second kappa shape index (κ2) is 8.68. The highest BCUT2D eigenvalue weighted by molar-refractivity contribution is 5.90. The first-order chi connectivity index (χ1) is 14.7. The monoisotopic (exact) mass is 409 g/mol. The molecule has 0 spiro atoms. The van der Waals surface area contributed by atoms with Crippen molar-refractivity contribution >= 4 is 17.5 Å². The number of rotatable bonds is 5. The van der Waals surface area contributed by atoms with Gasteiger partial charge in [0.15, 0.2) is 11.6 Å². The molecule has 0 unspecified atom stereocenters. The van der Waals surface area contributed by atoms with E-state index in [4.69, 9.17) is 9.47 Å². The number of hydrogen-bond donors (Lipinski definition) is 1. The van der Waals surface area contributed by atoms with E-state index in [1.807, 2.05) is 24.4 Å². The van der Waals surface area contributed by atoms with Crippen LogP contribution in [0.15, 0.2) is 48.8 Å². The molecule has 1 aromatic carbocycles. The third-order valence-corrected chi connectivity index (χ3v) is 4.87. The summed E-state index contributed by atoms with van der Waals surface area (Å²) in [5.74, 6) is 2.68. The first-order valence-electron chi connectivity index (χ1n) is 9.54. The highest BCUT2D eigenvalue weighted by atomic mass is 16.5. The van der Waals surface area contributed by atoms with Crippen LogP contribution in [0, 0.1) is 0 Å². The minimum Gasteiger partial charge on any atom is -0.497 e. The normalized spacial score (nSPS) is 13.8.